The van der Waals surface area contributed by atoms with E-state index < -0.39 is 71.3 Å². The van der Waals surface area contributed by atoms with Gasteiger partial charge in [0.2, 0.25) is 5.83 Å². The van der Waals surface area contributed by atoms with Crippen LogP contribution in [0.2, 0.25) is 0 Å². The Bertz CT molecular complexity index is 855. The molecule has 0 aromatic carbocycles. The maximum atomic E-state index is 13.3. The van der Waals surface area contributed by atoms with E-state index >= 15 is 0 Å². The predicted molar refractivity (Wildman–Crippen MR) is 60.5 cm³/mol. The normalized spacial score (nSPS) is 16.3. The molecule has 24 heteroatoms. The van der Waals surface area contributed by atoms with Crippen LogP contribution >= 0.6 is 0 Å². The number of alkyl halides is 20. The van der Waals surface area contributed by atoms with Gasteiger partial charge in [0, 0.05) is 0 Å². The van der Waals surface area contributed by atoms with Crippen molar-refractivity contribution in [2.24, 2.45) is 0 Å². The molecule has 0 bridgehead atoms. The predicted octanol–water partition coefficient (Wildman–Crippen LogP) is 7.81. The fourth-order valence-electron chi connectivity index (χ4n) is 1.82. The lowest BCUT2D eigenvalue weighted by Gasteiger charge is -2.44. The molecule has 0 spiro atoms. The van der Waals surface area contributed by atoms with E-state index in [4.69, 9.17) is 0 Å². The third kappa shape index (κ3) is 3.91. The minimum absolute atomic E-state index is 4.76. The molecule has 0 aliphatic heterocycles. The highest BCUT2D eigenvalue weighted by Crippen LogP contribution is 2.66. The zero-order chi connectivity index (χ0) is 30.2. The third-order valence-corrected chi connectivity index (χ3v) is 3.96. The molecule has 215 valence electrons. The quantitative estimate of drug-likeness (QED) is 0.229. The van der Waals surface area contributed by atoms with Crippen LogP contribution in [0.3, 0.4) is 0 Å². The van der Waals surface area contributed by atoms with Crippen LogP contribution in [0.15, 0.2) is 11.9 Å². The Labute approximate surface area is 179 Å². The van der Waals surface area contributed by atoms with Crippen LogP contribution in [-0.4, -0.2) is 59.4 Å². The van der Waals surface area contributed by atoms with Crippen molar-refractivity contribution in [2.45, 2.75) is 59.4 Å². The highest BCUT2D eigenvalue weighted by atomic mass is 19.4. The molecule has 0 fully saturated rings. The zero-order valence-electron chi connectivity index (χ0n) is 15.1. The van der Waals surface area contributed by atoms with Crippen LogP contribution < -0.4 is 0 Å². The Morgan fingerprint density at radius 3 is 0.722 bits per heavy atom. The van der Waals surface area contributed by atoms with Gasteiger partial charge in [-0.2, -0.15) is 106 Å². The molecule has 0 rings (SSSR count). The smallest absolute Gasteiger partial charge is 0.199 e. The number of hydrogen-bond acceptors (Lipinski definition) is 0. The molecule has 1 radical (unpaired) electrons. The molecule has 0 amide bonds. The van der Waals surface area contributed by atoms with E-state index in [0.29, 0.717) is 0 Å². The van der Waals surface area contributed by atoms with Gasteiger partial charge < -0.3 is 0 Å². The summed E-state index contributed by atoms with van der Waals surface area (Å²) in [5, 5.41) is 9.63. The number of halogens is 23. The lowest BCUT2D eigenvalue weighted by molar-refractivity contribution is -0.483. The van der Waals surface area contributed by atoms with Gasteiger partial charge in [-0.05, 0) is 0 Å². The van der Waals surface area contributed by atoms with Crippen molar-refractivity contribution in [3.63, 3.8) is 0 Å². The van der Waals surface area contributed by atoms with E-state index in [1.807, 2.05) is 0 Å². The fourth-order valence-corrected chi connectivity index (χ4v) is 1.82. The van der Waals surface area contributed by atoms with Crippen molar-refractivity contribution in [1.29, 1.82) is 0 Å². The molecule has 0 atom stereocenters. The average Bonchev–Trinajstić information content (AvgIpc) is 2.64. The van der Waals surface area contributed by atoms with E-state index in [0.717, 1.165) is 0 Å². The molecule has 0 N–H and O–H groups in total. The van der Waals surface area contributed by atoms with E-state index in [1.54, 1.807) is 0 Å². The van der Waals surface area contributed by atoms with Gasteiger partial charge >= 0.3 is 65.5 Å². The van der Waals surface area contributed by atoms with Gasteiger partial charge in [-0.15, -0.1) is 0 Å². The monoisotopic (exact) mass is 597 g/mol. The van der Waals surface area contributed by atoms with Gasteiger partial charge in [-0.1, -0.05) is 0 Å². The standard InChI is InChI=1S/C12F23O/c13-1(2(14)15)3(16,17)4(18,19)5(20,21)6(22,23)7(24,25)8(26,27)9(28,29)10(30,31)11(32,33)12(34,35)36. The van der Waals surface area contributed by atoms with Gasteiger partial charge in [-0.25, -0.2) is 0 Å². The first-order chi connectivity index (χ1) is 15.1. The largest absolute Gasteiger partial charge is 0.452 e. The summed E-state index contributed by atoms with van der Waals surface area (Å²) in [4.78, 5) is 0. The Morgan fingerprint density at radius 1 is 0.333 bits per heavy atom. The average molecular weight is 597 g/mol. The highest BCUT2D eigenvalue weighted by molar-refractivity contribution is 5.21. The Hall–Kier alpha value is -1.91. The number of rotatable bonds is 10. The van der Waals surface area contributed by atoms with Crippen LogP contribution in [0.25, 0.3) is 0 Å². The second kappa shape index (κ2) is 8.30. The summed E-state index contributed by atoms with van der Waals surface area (Å²) < 4.78 is 296. The van der Waals surface area contributed by atoms with E-state index in [2.05, 4.69) is 0 Å². The Balaban J connectivity index is 7.21. The van der Waals surface area contributed by atoms with Crippen molar-refractivity contribution in [1.82, 2.24) is 0 Å². The first kappa shape index (κ1) is 34.1. The molecule has 0 unspecified atom stereocenters. The lowest BCUT2D eigenvalue weighted by Crippen LogP contribution is -2.77. The van der Waals surface area contributed by atoms with Crippen LogP contribution in [0.1, 0.15) is 0 Å². The second-order valence-electron chi connectivity index (χ2n) is 6.26. The Morgan fingerprint density at radius 2 is 0.528 bits per heavy atom. The third-order valence-electron chi connectivity index (χ3n) is 3.96. The van der Waals surface area contributed by atoms with E-state index in [1.165, 1.54) is 0 Å². The van der Waals surface area contributed by atoms with Crippen molar-refractivity contribution in [3.05, 3.63) is 11.9 Å². The van der Waals surface area contributed by atoms with Crippen molar-refractivity contribution >= 4 is 0 Å². The van der Waals surface area contributed by atoms with Crippen molar-refractivity contribution in [3.8, 4) is 0 Å². The molecule has 1 nitrogen and oxygen atoms in total. The first-order valence-corrected chi connectivity index (χ1v) is 7.30. The minimum atomic E-state index is -9.40. The molecule has 0 aliphatic rings. The molecular weight excluding hydrogens is 597 g/mol. The van der Waals surface area contributed by atoms with Gasteiger partial charge in [0.1, 0.15) is 0 Å². The summed E-state index contributed by atoms with van der Waals surface area (Å²) in [7, 11) is 0. The topological polar surface area (TPSA) is 19.9 Å². The molecule has 0 aromatic heterocycles. The molecule has 0 aromatic rings. The molecule has 0 saturated heterocycles. The summed E-state index contributed by atoms with van der Waals surface area (Å²) in [5.41, 5.74) is 0. The first-order valence-electron chi connectivity index (χ1n) is 7.30. The zero-order valence-corrected chi connectivity index (χ0v) is 15.1. The van der Waals surface area contributed by atoms with Crippen molar-refractivity contribution in [2.75, 3.05) is 0 Å². The van der Waals surface area contributed by atoms with Crippen molar-refractivity contribution < 1.29 is 106 Å². The molecular formula is C12F23O. The summed E-state index contributed by atoms with van der Waals surface area (Å²) in [6.45, 7) is 0. The SMILES string of the molecule is [O]C(F)(F)C(F)(F)C(F)(F)C(F)(F)C(F)(F)C(F)(F)C(F)(F)C(F)(F)C(F)(F)C(F)(F)C(F)=C(F)F. The summed E-state index contributed by atoms with van der Waals surface area (Å²) in [6, 6.07) is 0. The summed E-state index contributed by atoms with van der Waals surface area (Å²) >= 11 is 0. The summed E-state index contributed by atoms with van der Waals surface area (Å²) in [6.07, 6.45) is -12.6. The minimum Gasteiger partial charge on any atom is -0.199 e. The second-order valence-corrected chi connectivity index (χ2v) is 6.26. The van der Waals surface area contributed by atoms with Gasteiger partial charge in [0.25, 0.3) is 0 Å². The van der Waals surface area contributed by atoms with E-state index in [-0.39, 0.29) is 0 Å². The lowest BCUT2D eigenvalue weighted by atomic mass is 9.86. The fraction of sp³-hybridized carbons (Fsp3) is 0.833. The molecule has 36 heavy (non-hydrogen) atoms. The van der Waals surface area contributed by atoms with Gasteiger partial charge in [0.15, 0.2) is 0 Å². The maximum Gasteiger partial charge on any atom is 0.452 e. The van der Waals surface area contributed by atoms with Crippen LogP contribution in [-0.2, 0) is 5.11 Å². The van der Waals surface area contributed by atoms with Crippen LogP contribution in [0.4, 0.5) is 101 Å². The number of allylic oxidation sites excluding steroid dienone is 1. The van der Waals surface area contributed by atoms with Gasteiger partial charge in [0.05, 0.1) is 0 Å². The molecule has 0 heterocycles. The number of hydrogen-bond donors (Lipinski definition) is 0. The van der Waals surface area contributed by atoms with Crippen LogP contribution in [0.5, 0.6) is 0 Å². The Kier molecular flexibility index (Phi) is 7.86. The maximum absolute atomic E-state index is 13.3. The van der Waals surface area contributed by atoms with Gasteiger partial charge in [-0.3, -0.25) is 0 Å². The van der Waals surface area contributed by atoms with Crippen LogP contribution in [0, 0.1) is 0 Å². The summed E-state index contributed by atoms with van der Waals surface area (Å²) in [5.74, 6) is -85.8. The highest BCUT2D eigenvalue weighted by Gasteiger charge is 2.98. The van der Waals surface area contributed by atoms with E-state index in [9.17, 15) is 106 Å². The molecule has 0 saturated carbocycles. The molecule has 0 aliphatic carbocycles.